The van der Waals surface area contributed by atoms with Crippen molar-refractivity contribution in [2.75, 3.05) is 22.9 Å². The zero-order chi connectivity index (χ0) is 17.6. The van der Waals surface area contributed by atoms with Gasteiger partial charge in [-0.25, -0.2) is 18.7 Å². The molecule has 0 aliphatic rings. The van der Waals surface area contributed by atoms with Crippen LogP contribution in [0.4, 0.5) is 31.8 Å². The number of nitrogen functional groups attached to an aromatic ring is 1. The standard InChI is InChI=1S/C18H17F2N5/c19-13-6-7-14(20)15(10-13)25-18-16(21)17(23-11-24-18)22-9-8-12-4-2-1-3-5-12/h1-7,10-11H,8-9,21H2,(H2,22,23,24,25). The maximum atomic E-state index is 13.7. The second-order valence-corrected chi connectivity index (χ2v) is 5.40. The second kappa shape index (κ2) is 7.57. The van der Waals surface area contributed by atoms with Crippen LogP contribution in [-0.4, -0.2) is 16.5 Å². The van der Waals surface area contributed by atoms with Crippen molar-refractivity contribution in [2.24, 2.45) is 0 Å². The zero-order valence-electron chi connectivity index (χ0n) is 13.3. The highest BCUT2D eigenvalue weighted by Crippen LogP contribution is 2.27. The molecule has 0 saturated carbocycles. The van der Waals surface area contributed by atoms with E-state index in [1.165, 1.54) is 11.9 Å². The first-order valence-corrected chi connectivity index (χ1v) is 7.74. The van der Waals surface area contributed by atoms with Crippen molar-refractivity contribution in [3.63, 3.8) is 0 Å². The van der Waals surface area contributed by atoms with Gasteiger partial charge in [-0.2, -0.15) is 0 Å². The number of hydrogen-bond donors (Lipinski definition) is 3. The summed E-state index contributed by atoms with van der Waals surface area (Å²) in [6.07, 6.45) is 2.10. The van der Waals surface area contributed by atoms with Crippen LogP contribution < -0.4 is 16.4 Å². The molecule has 128 valence electrons. The number of rotatable bonds is 6. The number of nitrogens with two attached hydrogens (primary N) is 1. The third-order valence-electron chi connectivity index (χ3n) is 3.61. The highest BCUT2D eigenvalue weighted by Gasteiger charge is 2.11. The Balaban J connectivity index is 1.70. The summed E-state index contributed by atoms with van der Waals surface area (Å²) in [5.41, 5.74) is 7.41. The van der Waals surface area contributed by atoms with E-state index in [0.717, 1.165) is 24.6 Å². The number of anilines is 4. The van der Waals surface area contributed by atoms with E-state index in [4.69, 9.17) is 5.73 Å². The molecule has 25 heavy (non-hydrogen) atoms. The fraction of sp³-hybridized carbons (Fsp3) is 0.111. The van der Waals surface area contributed by atoms with Crippen LogP contribution in [-0.2, 0) is 6.42 Å². The summed E-state index contributed by atoms with van der Waals surface area (Å²) in [4.78, 5) is 8.09. The minimum absolute atomic E-state index is 0.0411. The van der Waals surface area contributed by atoms with Gasteiger partial charge in [-0.1, -0.05) is 30.3 Å². The lowest BCUT2D eigenvalue weighted by Crippen LogP contribution is -2.11. The first-order valence-electron chi connectivity index (χ1n) is 7.74. The molecule has 2 aromatic carbocycles. The van der Waals surface area contributed by atoms with Gasteiger partial charge in [0.25, 0.3) is 0 Å². The molecule has 3 aromatic rings. The Morgan fingerprint density at radius 1 is 0.960 bits per heavy atom. The van der Waals surface area contributed by atoms with Crippen LogP contribution in [0, 0.1) is 11.6 Å². The summed E-state index contributed by atoms with van der Waals surface area (Å²) in [5, 5.41) is 5.83. The van der Waals surface area contributed by atoms with Crippen LogP contribution >= 0.6 is 0 Å². The molecule has 0 aliphatic carbocycles. The molecule has 1 heterocycles. The van der Waals surface area contributed by atoms with E-state index in [2.05, 4.69) is 20.6 Å². The van der Waals surface area contributed by atoms with Crippen LogP contribution in [0.15, 0.2) is 54.9 Å². The molecule has 7 heteroatoms. The van der Waals surface area contributed by atoms with Gasteiger partial charge in [0.2, 0.25) is 0 Å². The number of benzene rings is 2. The van der Waals surface area contributed by atoms with Crippen LogP contribution in [0.25, 0.3) is 0 Å². The lowest BCUT2D eigenvalue weighted by molar-refractivity contribution is 0.603. The Hall–Kier alpha value is -3.22. The fourth-order valence-electron chi connectivity index (χ4n) is 2.33. The smallest absolute Gasteiger partial charge is 0.159 e. The van der Waals surface area contributed by atoms with Gasteiger partial charge in [0.1, 0.15) is 23.6 Å². The highest BCUT2D eigenvalue weighted by molar-refractivity contribution is 5.77. The van der Waals surface area contributed by atoms with Gasteiger partial charge in [-0.3, -0.25) is 0 Å². The predicted molar refractivity (Wildman–Crippen MR) is 94.7 cm³/mol. The van der Waals surface area contributed by atoms with Crippen LogP contribution in [0.5, 0.6) is 0 Å². The Morgan fingerprint density at radius 3 is 2.52 bits per heavy atom. The molecule has 0 unspecified atom stereocenters. The summed E-state index contributed by atoms with van der Waals surface area (Å²) in [5.74, 6) is -0.511. The molecule has 4 N–H and O–H groups in total. The Labute approximate surface area is 143 Å². The summed E-state index contributed by atoms with van der Waals surface area (Å²) in [6.45, 7) is 0.624. The van der Waals surface area contributed by atoms with E-state index in [1.807, 2.05) is 30.3 Å². The minimum atomic E-state index is -0.599. The number of hydrogen-bond acceptors (Lipinski definition) is 5. The maximum Gasteiger partial charge on any atom is 0.159 e. The summed E-state index contributed by atoms with van der Waals surface area (Å²) in [6, 6.07) is 13.1. The molecular weight excluding hydrogens is 324 g/mol. The molecule has 0 bridgehead atoms. The Bertz CT molecular complexity index is 855. The molecular formula is C18H17F2N5. The first kappa shape index (κ1) is 16.6. The molecule has 0 atom stereocenters. The lowest BCUT2D eigenvalue weighted by Gasteiger charge is -2.13. The normalized spacial score (nSPS) is 10.5. The van der Waals surface area contributed by atoms with E-state index in [9.17, 15) is 8.78 Å². The molecule has 0 radical (unpaired) electrons. The van der Waals surface area contributed by atoms with Gasteiger partial charge in [0.05, 0.1) is 5.69 Å². The predicted octanol–water partition coefficient (Wildman–Crippen LogP) is 3.74. The molecule has 3 rings (SSSR count). The number of nitrogens with zero attached hydrogens (tertiary/aromatic N) is 2. The minimum Gasteiger partial charge on any atom is -0.393 e. The van der Waals surface area contributed by atoms with E-state index >= 15 is 0 Å². The summed E-state index contributed by atoms with van der Waals surface area (Å²) >= 11 is 0. The van der Waals surface area contributed by atoms with E-state index in [1.54, 1.807) is 0 Å². The fourth-order valence-corrected chi connectivity index (χ4v) is 2.33. The number of halogens is 2. The first-order chi connectivity index (χ1) is 12.1. The van der Waals surface area contributed by atoms with Crippen molar-refractivity contribution in [1.82, 2.24) is 9.97 Å². The van der Waals surface area contributed by atoms with Crippen molar-refractivity contribution < 1.29 is 8.78 Å². The molecule has 0 amide bonds. The second-order valence-electron chi connectivity index (χ2n) is 5.40. The zero-order valence-corrected chi connectivity index (χ0v) is 13.3. The van der Waals surface area contributed by atoms with Crippen LogP contribution in [0.3, 0.4) is 0 Å². The average Bonchev–Trinajstić information content (AvgIpc) is 2.62. The SMILES string of the molecule is Nc1c(NCCc2ccccc2)ncnc1Nc1cc(F)ccc1F. The van der Waals surface area contributed by atoms with Crippen molar-refractivity contribution in [1.29, 1.82) is 0 Å². The quantitative estimate of drug-likeness (QED) is 0.637. The largest absolute Gasteiger partial charge is 0.393 e. The van der Waals surface area contributed by atoms with Gasteiger partial charge in [0, 0.05) is 12.6 Å². The third-order valence-corrected chi connectivity index (χ3v) is 3.61. The molecule has 0 spiro atoms. The molecule has 1 aromatic heterocycles. The number of nitrogens with one attached hydrogen (secondary N) is 2. The van der Waals surface area contributed by atoms with Gasteiger partial charge in [-0.15, -0.1) is 0 Å². The van der Waals surface area contributed by atoms with Crippen molar-refractivity contribution in [3.8, 4) is 0 Å². The molecule has 0 aliphatic heterocycles. The van der Waals surface area contributed by atoms with E-state index in [-0.39, 0.29) is 17.2 Å². The molecule has 5 nitrogen and oxygen atoms in total. The Morgan fingerprint density at radius 2 is 1.72 bits per heavy atom. The van der Waals surface area contributed by atoms with Gasteiger partial charge >= 0.3 is 0 Å². The van der Waals surface area contributed by atoms with Crippen LogP contribution in [0.2, 0.25) is 0 Å². The topological polar surface area (TPSA) is 75.9 Å². The maximum absolute atomic E-state index is 13.7. The van der Waals surface area contributed by atoms with E-state index < -0.39 is 11.6 Å². The average molecular weight is 341 g/mol. The van der Waals surface area contributed by atoms with Gasteiger partial charge in [0.15, 0.2) is 11.6 Å². The van der Waals surface area contributed by atoms with Crippen molar-refractivity contribution in [3.05, 3.63) is 72.1 Å². The third kappa shape index (κ3) is 4.20. The number of aromatic nitrogens is 2. The monoisotopic (exact) mass is 341 g/mol. The van der Waals surface area contributed by atoms with Crippen molar-refractivity contribution in [2.45, 2.75) is 6.42 Å². The lowest BCUT2D eigenvalue weighted by atomic mass is 10.1. The molecule has 0 saturated heterocycles. The Kier molecular flexibility index (Phi) is 5.03. The van der Waals surface area contributed by atoms with Gasteiger partial charge in [-0.05, 0) is 24.1 Å². The van der Waals surface area contributed by atoms with Gasteiger partial charge < -0.3 is 16.4 Å². The highest BCUT2D eigenvalue weighted by atomic mass is 19.1. The summed E-state index contributed by atoms with van der Waals surface area (Å²) < 4.78 is 27.0. The van der Waals surface area contributed by atoms with Crippen LogP contribution in [0.1, 0.15) is 5.56 Å². The van der Waals surface area contributed by atoms with E-state index in [0.29, 0.717) is 12.4 Å². The molecule has 0 fully saturated rings. The van der Waals surface area contributed by atoms with Crippen molar-refractivity contribution >= 4 is 23.0 Å². The summed E-state index contributed by atoms with van der Waals surface area (Å²) in [7, 11) is 0.